The Kier molecular flexibility index (Phi) is 4.62. The van der Waals surface area contributed by atoms with E-state index in [9.17, 15) is 13.6 Å². The van der Waals surface area contributed by atoms with Crippen LogP contribution in [0.5, 0.6) is 0 Å². The zero-order valence-corrected chi connectivity index (χ0v) is 11.3. The van der Waals surface area contributed by atoms with Gasteiger partial charge >= 0.3 is 0 Å². The number of halogens is 2. The predicted molar refractivity (Wildman–Crippen MR) is 72.3 cm³/mol. The molecule has 1 unspecified atom stereocenters. The smallest absolute Gasteiger partial charge is 0.237 e. The standard InChI is InChI=1S/C13H11F2N3OS/c1-8(20-13-16-5-2-6-17-13)12(19)18-11-7-9(14)3-4-10(11)15/h2-8H,1H3,(H,18,19). The summed E-state index contributed by atoms with van der Waals surface area (Å²) in [5.74, 6) is -1.76. The van der Waals surface area contributed by atoms with Gasteiger partial charge in [0.1, 0.15) is 11.6 Å². The van der Waals surface area contributed by atoms with Gasteiger partial charge in [-0.15, -0.1) is 0 Å². The monoisotopic (exact) mass is 295 g/mol. The van der Waals surface area contributed by atoms with E-state index in [0.29, 0.717) is 5.16 Å². The number of hydrogen-bond donors (Lipinski definition) is 1. The van der Waals surface area contributed by atoms with E-state index in [1.165, 1.54) is 0 Å². The molecule has 4 nitrogen and oxygen atoms in total. The van der Waals surface area contributed by atoms with Crippen LogP contribution in [0.4, 0.5) is 14.5 Å². The summed E-state index contributed by atoms with van der Waals surface area (Å²) in [6.07, 6.45) is 3.12. The molecule has 0 bridgehead atoms. The summed E-state index contributed by atoms with van der Waals surface area (Å²) in [6.45, 7) is 1.63. The number of benzene rings is 1. The number of thioether (sulfide) groups is 1. The Morgan fingerprint density at radius 3 is 2.70 bits per heavy atom. The van der Waals surface area contributed by atoms with Crippen LogP contribution >= 0.6 is 11.8 Å². The average molecular weight is 295 g/mol. The quantitative estimate of drug-likeness (QED) is 0.696. The van der Waals surface area contributed by atoms with Crippen LogP contribution in [0.25, 0.3) is 0 Å². The van der Waals surface area contributed by atoms with Gasteiger partial charge in [0.15, 0.2) is 5.16 Å². The molecular weight excluding hydrogens is 284 g/mol. The largest absolute Gasteiger partial charge is 0.323 e. The van der Waals surface area contributed by atoms with Gasteiger partial charge in [-0.3, -0.25) is 4.79 Å². The Balaban J connectivity index is 2.02. The van der Waals surface area contributed by atoms with E-state index in [-0.39, 0.29) is 5.69 Å². The Labute approximate surface area is 118 Å². The molecule has 20 heavy (non-hydrogen) atoms. The Morgan fingerprint density at radius 1 is 1.30 bits per heavy atom. The molecule has 0 saturated carbocycles. The van der Waals surface area contributed by atoms with E-state index in [0.717, 1.165) is 30.0 Å². The van der Waals surface area contributed by atoms with Crippen molar-refractivity contribution < 1.29 is 13.6 Å². The van der Waals surface area contributed by atoms with E-state index in [4.69, 9.17) is 0 Å². The Hall–Kier alpha value is -2.02. The third-order valence-corrected chi connectivity index (χ3v) is 3.37. The summed E-state index contributed by atoms with van der Waals surface area (Å²) in [4.78, 5) is 19.9. The fraction of sp³-hybridized carbons (Fsp3) is 0.154. The minimum Gasteiger partial charge on any atom is -0.323 e. The van der Waals surface area contributed by atoms with Gasteiger partial charge in [0, 0.05) is 18.5 Å². The van der Waals surface area contributed by atoms with Crippen molar-refractivity contribution in [1.29, 1.82) is 0 Å². The van der Waals surface area contributed by atoms with Crippen LogP contribution in [0, 0.1) is 11.6 Å². The van der Waals surface area contributed by atoms with E-state index in [2.05, 4.69) is 15.3 Å². The molecule has 0 aliphatic rings. The molecule has 1 aromatic heterocycles. The first-order valence-corrected chi connectivity index (χ1v) is 6.64. The summed E-state index contributed by atoms with van der Waals surface area (Å²) < 4.78 is 26.4. The van der Waals surface area contributed by atoms with Gasteiger partial charge in [0.25, 0.3) is 0 Å². The molecule has 0 radical (unpaired) electrons. The number of nitrogens with zero attached hydrogens (tertiary/aromatic N) is 2. The number of carbonyl (C=O) groups excluding carboxylic acids is 1. The molecule has 0 aliphatic carbocycles. The molecule has 2 rings (SSSR count). The van der Waals surface area contributed by atoms with Gasteiger partial charge in [-0.05, 0) is 25.1 Å². The van der Waals surface area contributed by atoms with Gasteiger partial charge in [-0.1, -0.05) is 11.8 Å². The molecule has 1 atom stereocenters. The number of amides is 1. The third-order valence-electron chi connectivity index (χ3n) is 2.38. The molecule has 104 valence electrons. The predicted octanol–water partition coefficient (Wildman–Crippen LogP) is 2.87. The van der Waals surface area contributed by atoms with Crippen LogP contribution < -0.4 is 5.32 Å². The highest BCUT2D eigenvalue weighted by atomic mass is 32.2. The maximum atomic E-state index is 13.4. The second-order valence-electron chi connectivity index (χ2n) is 3.90. The molecule has 1 heterocycles. The van der Waals surface area contributed by atoms with E-state index in [1.54, 1.807) is 25.4 Å². The van der Waals surface area contributed by atoms with Gasteiger partial charge in [0.2, 0.25) is 5.91 Å². The number of aromatic nitrogens is 2. The third kappa shape index (κ3) is 3.74. The van der Waals surface area contributed by atoms with Gasteiger partial charge in [-0.2, -0.15) is 0 Å². The first kappa shape index (κ1) is 14.4. The molecule has 1 aromatic carbocycles. The lowest BCUT2D eigenvalue weighted by Gasteiger charge is -2.11. The maximum absolute atomic E-state index is 13.4. The van der Waals surface area contributed by atoms with E-state index < -0.39 is 22.8 Å². The molecule has 0 aliphatic heterocycles. The van der Waals surface area contributed by atoms with E-state index >= 15 is 0 Å². The lowest BCUT2D eigenvalue weighted by molar-refractivity contribution is -0.115. The molecule has 7 heteroatoms. The second kappa shape index (κ2) is 6.42. The minimum absolute atomic E-state index is 0.184. The summed E-state index contributed by atoms with van der Waals surface area (Å²) >= 11 is 1.13. The molecule has 0 saturated heterocycles. The summed E-state index contributed by atoms with van der Waals surface area (Å²) in [5.41, 5.74) is -0.184. The van der Waals surface area contributed by atoms with Crippen molar-refractivity contribution in [2.45, 2.75) is 17.3 Å². The van der Waals surface area contributed by atoms with Crippen molar-refractivity contribution in [2.75, 3.05) is 5.32 Å². The summed E-state index contributed by atoms with van der Waals surface area (Å²) in [6, 6.07) is 4.55. The normalized spacial score (nSPS) is 11.9. The van der Waals surface area contributed by atoms with Gasteiger partial charge < -0.3 is 5.32 Å². The van der Waals surface area contributed by atoms with Crippen molar-refractivity contribution in [3.63, 3.8) is 0 Å². The SMILES string of the molecule is CC(Sc1ncccn1)C(=O)Nc1cc(F)ccc1F. The van der Waals surface area contributed by atoms with Crippen molar-refractivity contribution in [3.05, 3.63) is 48.3 Å². The van der Waals surface area contributed by atoms with Crippen LogP contribution in [0.2, 0.25) is 0 Å². The van der Waals surface area contributed by atoms with Crippen LogP contribution in [0.3, 0.4) is 0 Å². The fourth-order valence-electron chi connectivity index (χ4n) is 1.39. The molecule has 0 spiro atoms. The first-order chi connectivity index (χ1) is 9.56. The Bertz CT molecular complexity index is 610. The lowest BCUT2D eigenvalue weighted by atomic mass is 10.3. The van der Waals surface area contributed by atoms with Crippen LogP contribution in [0.1, 0.15) is 6.92 Å². The number of nitrogens with one attached hydrogen (secondary N) is 1. The van der Waals surface area contributed by atoms with Crippen LogP contribution in [-0.2, 0) is 4.79 Å². The van der Waals surface area contributed by atoms with Crippen molar-refractivity contribution >= 4 is 23.4 Å². The van der Waals surface area contributed by atoms with Gasteiger partial charge in [-0.25, -0.2) is 18.7 Å². The fourth-order valence-corrected chi connectivity index (χ4v) is 2.11. The van der Waals surface area contributed by atoms with Gasteiger partial charge in [0.05, 0.1) is 10.9 Å². The summed E-state index contributed by atoms with van der Waals surface area (Å²) in [5, 5.41) is 2.24. The first-order valence-electron chi connectivity index (χ1n) is 5.76. The molecule has 1 amide bonds. The number of hydrogen-bond acceptors (Lipinski definition) is 4. The highest BCUT2D eigenvalue weighted by Crippen LogP contribution is 2.21. The van der Waals surface area contributed by atoms with Crippen molar-refractivity contribution in [2.24, 2.45) is 0 Å². The molecule has 2 aromatic rings. The van der Waals surface area contributed by atoms with E-state index in [1.807, 2.05) is 0 Å². The summed E-state index contributed by atoms with van der Waals surface area (Å²) in [7, 11) is 0. The average Bonchev–Trinajstić information content (AvgIpc) is 2.44. The highest BCUT2D eigenvalue weighted by Gasteiger charge is 2.17. The van der Waals surface area contributed by atoms with Crippen molar-refractivity contribution in [1.82, 2.24) is 9.97 Å². The molecule has 1 N–H and O–H groups in total. The molecule has 0 fully saturated rings. The number of anilines is 1. The van der Waals surface area contributed by atoms with Crippen LogP contribution in [0.15, 0.2) is 41.8 Å². The lowest BCUT2D eigenvalue weighted by Crippen LogP contribution is -2.23. The topological polar surface area (TPSA) is 54.9 Å². The number of carbonyl (C=O) groups is 1. The zero-order valence-electron chi connectivity index (χ0n) is 10.5. The minimum atomic E-state index is -0.687. The van der Waals surface area contributed by atoms with Crippen LogP contribution in [-0.4, -0.2) is 21.1 Å². The Morgan fingerprint density at radius 2 is 2.00 bits per heavy atom. The van der Waals surface area contributed by atoms with Crippen molar-refractivity contribution in [3.8, 4) is 0 Å². The highest BCUT2D eigenvalue weighted by molar-refractivity contribution is 8.00. The maximum Gasteiger partial charge on any atom is 0.237 e. The number of rotatable bonds is 4. The second-order valence-corrected chi connectivity index (χ2v) is 5.21. The molecular formula is C13H11F2N3OS. The zero-order chi connectivity index (χ0) is 14.5.